The van der Waals surface area contributed by atoms with E-state index in [0.717, 1.165) is 0 Å². The summed E-state index contributed by atoms with van der Waals surface area (Å²) < 4.78 is 32.6. The summed E-state index contributed by atoms with van der Waals surface area (Å²) >= 11 is 6.09. The van der Waals surface area contributed by atoms with E-state index in [9.17, 15) is 0 Å². The maximum atomic E-state index is 15.3. The van der Waals surface area contributed by atoms with Crippen molar-refractivity contribution in [2.45, 2.75) is 65.3 Å². The molecule has 0 aliphatic carbocycles. The summed E-state index contributed by atoms with van der Waals surface area (Å²) in [5.41, 5.74) is -0.395. The van der Waals surface area contributed by atoms with E-state index >= 15 is 4.39 Å². The van der Waals surface area contributed by atoms with Crippen LogP contribution in [0.25, 0.3) is 5.57 Å². The third-order valence-electron chi connectivity index (χ3n) is 4.72. The third kappa shape index (κ3) is 4.85. The summed E-state index contributed by atoms with van der Waals surface area (Å²) in [5.74, 6) is 0. The van der Waals surface area contributed by atoms with Gasteiger partial charge in [-0.3, -0.25) is 0 Å². The number of rotatable bonds is 6. The minimum Gasteiger partial charge on any atom is -0.398 e. The monoisotopic (exact) mass is 368 g/mol. The molecule has 0 atom stereocenters. The van der Waals surface area contributed by atoms with E-state index in [1.807, 2.05) is 47.6 Å². The van der Waals surface area contributed by atoms with Crippen LogP contribution in [0.15, 0.2) is 30.0 Å². The van der Waals surface area contributed by atoms with Crippen LogP contribution >= 0.6 is 11.6 Å². The summed E-state index contributed by atoms with van der Waals surface area (Å²) in [4.78, 5) is 0. The van der Waals surface area contributed by atoms with Crippen molar-refractivity contribution in [3.05, 3.63) is 40.6 Å². The highest BCUT2D eigenvalue weighted by Gasteiger charge is 2.53. The van der Waals surface area contributed by atoms with Crippen molar-refractivity contribution in [1.29, 1.82) is 0 Å². The van der Waals surface area contributed by atoms with Crippen molar-refractivity contribution in [2.75, 3.05) is 6.61 Å². The summed E-state index contributed by atoms with van der Waals surface area (Å²) in [6, 6.07) is 7.15. The Morgan fingerprint density at radius 3 is 2.32 bits per heavy atom. The molecule has 1 heterocycles. The number of benzene rings is 1. The molecule has 25 heavy (non-hydrogen) atoms. The van der Waals surface area contributed by atoms with Crippen molar-refractivity contribution in [3.8, 4) is 0 Å². The van der Waals surface area contributed by atoms with Gasteiger partial charge in [0.2, 0.25) is 0 Å². The van der Waals surface area contributed by atoms with Gasteiger partial charge in [0.1, 0.15) is 5.73 Å². The lowest BCUT2D eigenvalue weighted by atomic mass is 9.82. The molecule has 3 nitrogen and oxygen atoms in total. The maximum absolute atomic E-state index is 15.3. The van der Waals surface area contributed by atoms with Gasteiger partial charge in [-0.05, 0) is 71.2 Å². The molecule has 1 aromatic rings. The molecule has 0 N–H and O–H groups in total. The summed E-state index contributed by atoms with van der Waals surface area (Å²) in [5, 5.41) is 0.557. The second kappa shape index (κ2) is 7.79. The molecule has 1 aliphatic heterocycles. The van der Waals surface area contributed by atoms with Gasteiger partial charge in [0.15, 0.2) is 0 Å². The third-order valence-corrected chi connectivity index (χ3v) is 4.96. The predicted octanol–water partition coefficient (Wildman–Crippen LogP) is 5.47. The molecule has 1 aromatic carbocycles. The zero-order chi connectivity index (χ0) is 18.8. The zero-order valence-electron chi connectivity index (χ0n) is 15.9. The molecule has 138 valence electrons. The van der Waals surface area contributed by atoms with E-state index in [0.29, 0.717) is 29.2 Å². The van der Waals surface area contributed by atoms with Crippen LogP contribution in [-0.4, -0.2) is 31.0 Å². The SMILES string of the molecule is CC(C)OCCC(=C(F)B1OC(C)(C)C(C)(C)O1)c1cccc(Cl)c1. The van der Waals surface area contributed by atoms with Crippen molar-refractivity contribution in [1.82, 2.24) is 0 Å². The van der Waals surface area contributed by atoms with Gasteiger partial charge >= 0.3 is 7.12 Å². The first-order chi connectivity index (χ1) is 11.5. The molecule has 1 aliphatic rings. The largest absolute Gasteiger partial charge is 0.525 e. The lowest BCUT2D eigenvalue weighted by Gasteiger charge is -2.32. The van der Waals surface area contributed by atoms with Gasteiger partial charge in [0.25, 0.3) is 0 Å². The first-order valence-electron chi connectivity index (χ1n) is 8.65. The van der Waals surface area contributed by atoms with E-state index in [2.05, 4.69) is 0 Å². The fraction of sp³-hybridized carbons (Fsp3) is 0.579. The Labute approximate surface area is 155 Å². The average Bonchev–Trinajstić information content (AvgIpc) is 2.71. The molecular weight excluding hydrogens is 341 g/mol. The number of hydrogen-bond acceptors (Lipinski definition) is 3. The van der Waals surface area contributed by atoms with Crippen LogP contribution < -0.4 is 0 Å². The minimum absolute atomic E-state index is 0.0838. The highest BCUT2D eigenvalue weighted by atomic mass is 35.5. The summed E-state index contributed by atoms with van der Waals surface area (Å²) in [6.45, 7) is 11.9. The average molecular weight is 369 g/mol. The van der Waals surface area contributed by atoms with Crippen LogP contribution in [0.2, 0.25) is 5.02 Å². The normalized spacial score (nSPS) is 20.1. The van der Waals surface area contributed by atoms with E-state index in [4.69, 9.17) is 25.6 Å². The lowest BCUT2D eigenvalue weighted by Crippen LogP contribution is -2.41. The van der Waals surface area contributed by atoms with Crippen LogP contribution in [0.1, 0.15) is 53.5 Å². The first kappa shape index (κ1) is 20.4. The second-order valence-electron chi connectivity index (χ2n) is 7.59. The Kier molecular flexibility index (Phi) is 6.37. The van der Waals surface area contributed by atoms with Gasteiger partial charge in [0.05, 0.1) is 23.9 Å². The van der Waals surface area contributed by atoms with Gasteiger partial charge in [-0.2, -0.15) is 0 Å². The van der Waals surface area contributed by atoms with E-state index < -0.39 is 24.0 Å². The summed E-state index contributed by atoms with van der Waals surface area (Å²) in [6.07, 6.45) is 0.495. The Balaban J connectivity index is 2.34. The molecular formula is C19H27BClFO3. The molecule has 0 radical (unpaired) electrons. The second-order valence-corrected chi connectivity index (χ2v) is 8.03. The van der Waals surface area contributed by atoms with E-state index in [1.165, 1.54) is 0 Å². The zero-order valence-corrected chi connectivity index (χ0v) is 16.6. The predicted molar refractivity (Wildman–Crippen MR) is 101 cm³/mol. The molecule has 0 aromatic heterocycles. The van der Waals surface area contributed by atoms with Crippen molar-refractivity contribution < 1.29 is 18.4 Å². The van der Waals surface area contributed by atoms with Gasteiger partial charge in [-0.1, -0.05) is 23.7 Å². The summed E-state index contributed by atoms with van der Waals surface area (Å²) in [7, 11) is -1.03. The Morgan fingerprint density at radius 1 is 1.20 bits per heavy atom. The Bertz CT molecular complexity index is 627. The number of hydrogen-bond donors (Lipinski definition) is 0. The molecule has 0 bridgehead atoms. The maximum Gasteiger partial charge on any atom is 0.525 e. The van der Waals surface area contributed by atoms with Crippen LogP contribution in [0.3, 0.4) is 0 Å². The molecule has 0 spiro atoms. The van der Waals surface area contributed by atoms with Crippen molar-refractivity contribution >= 4 is 24.3 Å². The van der Waals surface area contributed by atoms with Crippen LogP contribution in [-0.2, 0) is 14.0 Å². The van der Waals surface area contributed by atoms with Gasteiger partial charge in [-0.25, -0.2) is 4.39 Å². The number of ether oxygens (including phenoxy) is 1. The van der Waals surface area contributed by atoms with E-state index in [1.54, 1.807) is 18.2 Å². The molecule has 0 saturated carbocycles. The van der Waals surface area contributed by atoms with E-state index in [-0.39, 0.29) is 6.10 Å². The Morgan fingerprint density at radius 2 is 1.80 bits per heavy atom. The van der Waals surface area contributed by atoms with Crippen molar-refractivity contribution in [3.63, 3.8) is 0 Å². The topological polar surface area (TPSA) is 27.7 Å². The lowest BCUT2D eigenvalue weighted by molar-refractivity contribution is 0.00578. The highest BCUT2D eigenvalue weighted by Crippen LogP contribution is 2.40. The molecule has 1 fully saturated rings. The quantitative estimate of drug-likeness (QED) is 0.623. The standard InChI is InChI=1S/C19H27BClFO3/c1-13(2)23-11-10-16(14-8-7-9-15(21)12-14)17(22)20-24-18(3,4)19(5,6)25-20/h7-9,12-13H,10-11H2,1-6H3. The van der Waals surface area contributed by atoms with Crippen LogP contribution in [0.5, 0.6) is 0 Å². The minimum atomic E-state index is -1.03. The molecule has 0 unspecified atom stereocenters. The molecule has 0 amide bonds. The highest BCUT2D eigenvalue weighted by molar-refractivity contribution is 6.55. The Hall–Kier alpha value is -0.875. The van der Waals surface area contributed by atoms with Crippen molar-refractivity contribution in [2.24, 2.45) is 0 Å². The fourth-order valence-corrected chi connectivity index (χ4v) is 2.75. The molecule has 1 saturated heterocycles. The van der Waals surface area contributed by atoms with Gasteiger partial charge < -0.3 is 14.0 Å². The van der Waals surface area contributed by atoms with Crippen LogP contribution in [0.4, 0.5) is 4.39 Å². The fourth-order valence-electron chi connectivity index (χ4n) is 2.56. The van der Waals surface area contributed by atoms with Gasteiger partial charge in [0, 0.05) is 5.02 Å². The molecule has 2 rings (SSSR count). The van der Waals surface area contributed by atoms with Crippen LogP contribution in [0, 0.1) is 0 Å². The van der Waals surface area contributed by atoms with Gasteiger partial charge in [-0.15, -0.1) is 0 Å². The smallest absolute Gasteiger partial charge is 0.398 e. The number of halogens is 2. The first-order valence-corrected chi connectivity index (χ1v) is 9.03. The molecule has 6 heteroatoms.